The summed E-state index contributed by atoms with van der Waals surface area (Å²) >= 11 is 0. The number of rotatable bonds is 3. The molecular formula is C13H15NO4S. The van der Waals surface area contributed by atoms with Gasteiger partial charge in [0, 0.05) is 18.7 Å². The average molecular weight is 281 g/mol. The first-order valence-corrected chi connectivity index (χ1v) is 7.23. The van der Waals surface area contributed by atoms with Crippen LogP contribution in [0.3, 0.4) is 0 Å². The van der Waals surface area contributed by atoms with Crippen LogP contribution in [0.2, 0.25) is 0 Å². The number of esters is 1. The van der Waals surface area contributed by atoms with E-state index in [1.807, 2.05) is 6.92 Å². The first-order chi connectivity index (χ1) is 8.95. The highest BCUT2D eigenvalue weighted by Crippen LogP contribution is 2.21. The van der Waals surface area contributed by atoms with Crippen LogP contribution in [-0.2, 0) is 19.6 Å². The number of sulfonamides is 1. The highest BCUT2D eigenvalue weighted by molar-refractivity contribution is 7.89. The summed E-state index contributed by atoms with van der Waals surface area (Å²) in [6, 6.07) is 6.64. The monoisotopic (exact) mass is 281 g/mol. The summed E-state index contributed by atoms with van der Waals surface area (Å²) in [7, 11) is -2.28. The molecular weight excluding hydrogens is 266 g/mol. The highest BCUT2D eigenvalue weighted by Gasteiger charge is 2.30. The first kappa shape index (κ1) is 13.8. The van der Waals surface area contributed by atoms with Gasteiger partial charge in [-0.05, 0) is 19.1 Å². The number of hydrogen-bond donors (Lipinski definition) is 0. The third-order valence-corrected chi connectivity index (χ3v) is 4.82. The van der Waals surface area contributed by atoms with Gasteiger partial charge in [0.2, 0.25) is 10.0 Å². The normalized spacial score (nSPS) is 16.2. The Bertz CT molecular complexity index is 617. The molecule has 2 rings (SSSR count). The molecule has 1 aliphatic rings. The Morgan fingerprint density at radius 1 is 1.26 bits per heavy atom. The lowest BCUT2D eigenvalue weighted by Crippen LogP contribution is -2.30. The number of aryl methyl sites for hydroxylation is 1. The molecule has 0 amide bonds. The lowest BCUT2D eigenvalue weighted by molar-refractivity contribution is -0.136. The van der Waals surface area contributed by atoms with E-state index in [1.54, 1.807) is 30.3 Å². The molecule has 1 aromatic rings. The molecule has 5 nitrogen and oxygen atoms in total. The van der Waals surface area contributed by atoms with E-state index < -0.39 is 16.0 Å². The Morgan fingerprint density at radius 2 is 1.89 bits per heavy atom. The molecule has 0 fully saturated rings. The number of hydrogen-bond acceptors (Lipinski definition) is 4. The molecule has 0 aliphatic carbocycles. The van der Waals surface area contributed by atoms with Crippen molar-refractivity contribution in [3.63, 3.8) is 0 Å². The zero-order valence-corrected chi connectivity index (χ0v) is 11.6. The van der Waals surface area contributed by atoms with E-state index in [0.717, 1.165) is 5.56 Å². The van der Waals surface area contributed by atoms with Crippen molar-refractivity contribution in [2.75, 3.05) is 20.2 Å². The number of benzene rings is 1. The van der Waals surface area contributed by atoms with Crippen molar-refractivity contribution in [2.45, 2.75) is 11.8 Å². The van der Waals surface area contributed by atoms with Crippen LogP contribution in [0.1, 0.15) is 5.56 Å². The summed E-state index contributed by atoms with van der Waals surface area (Å²) in [5, 5.41) is 0. The van der Waals surface area contributed by atoms with Crippen LogP contribution >= 0.6 is 0 Å². The predicted octanol–water partition coefficient (Wildman–Crippen LogP) is 1.10. The summed E-state index contributed by atoms with van der Waals surface area (Å²) in [5.74, 6) is -0.485. The molecule has 6 heteroatoms. The van der Waals surface area contributed by atoms with Crippen molar-refractivity contribution in [3.8, 4) is 0 Å². The molecule has 0 unspecified atom stereocenters. The van der Waals surface area contributed by atoms with E-state index in [9.17, 15) is 13.2 Å². The van der Waals surface area contributed by atoms with Gasteiger partial charge < -0.3 is 4.74 Å². The largest absolute Gasteiger partial charge is 0.466 e. The molecule has 19 heavy (non-hydrogen) atoms. The number of carbonyl (C=O) groups is 1. The molecule has 102 valence electrons. The quantitative estimate of drug-likeness (QED) is 0.778. The number of ether oxygens (including phenoxy) is 1. The molecule has 1 heterocycles. The van der Waals surface area contributed by atoms with E-state index in [4.69, 9.17) is 0 Å². The van der Waals surface area contributed by atoms with Gasteiger partial charge in [-0.25, -0.2) is 13.2 Å². The van der Waals surface area contributed by atoms with Crippen LogP contribution in [0.25, 0.3) is 0 Å². The highest BCUT2D eigenvalue weighted by atomic mass is 32.2. The Labute approximate surface area is 112 Å². The van der Waals surface area contributed by atoms with Crippen molar-refractivity contribution in [1.29, 1.82) is 0 Å². The number of methoxy groups -OCH3 is 1. The Balaban J connectivity index is 2.20. The second-order valence-electron chi connectivity index (χ2n) is 4.33. The zero-order valence-electron chi connectivity index (χ0n) is 10.8. The van der Waals surface area contributed by atoms with Crippen LogP contribution in [-0.4, -0.2) is 38.9 Å². The van der Waals surface area contributed by atoms with Gasteiger partial charge in [0.05, 0.1) is 12.0 Å². The standard InChI is InChI=1S/C13H15NO4S/c1-10-3-5-12(6-4-10)19(16,17)14-8-7-11(9-14)13(15)18-2/h3-7H,8-9H2,1-2H3. The summed E-state index contributed by atoms with van der Waals surface area (Å²) in [6.45, 7) is 2.15. The molecule has 1 aliphatic heterocycles. The van der Waals surface area contributed by atoms with Crippen molar-refractivity contribution in [1.82, 2.24) is 4.31 Å². The summed E-state index contributed by atoms with van der Waals surface area (Å²) in [4.78, 5) is 11.6. The van der Waals surface area contributed by atoms with Crippen LogP contribution < -0.4 is 0 Å². The van der Waals surface area contributed by atoms with Gasteiger partial charge in [0.15, 0.2) is 0 Å². The SMILES string of the molecule is COC(=O)C1=CCN(S(=O)(=O)c2ccc(C)cc2)C1. The third kappa shape index (κ3) is 2.69. The Kier molecular flexibility index (Phi) is 3.73. The van der Waals surface area contributed by atoms with Crippen molar-refractivity contribution in [2.24, 2.45) is 0 Å². The van der Waals surface area contributed by atoms with E-state index in [1.165, 1.54) is 11.4 Å². The van der Waals surface area contributed by atoms with E-state index in [2.05, 4.69) is 4.74 Å². The van der Waals surface area contributed by atoms with Crippen LogP contribution in [0.4, 0.5) is 0 Å². The minimum Gasteiger partial charge on any atom is -0.466 e. The first-order valence-electron chi connectivity index (χ1n) is 5.79. The summed E-state index contributed by atoms with van der Waals surface area (Å²) in [6.07, 6.45) is 1.58. The van der Waals surface area contributed by atoms with Crippen LogP contribution in [0.15, 0.2) is 40.8 Å². The minimum atomic E-state index is -3.56. The molecule has 0 radical (unpaired) electrons. The lowest BCUT2D eigenvalue weighted by Gasteiger charge is -2.16. The average Bonchev–Trinajstić information content (AvgIpc) is 2.88. The molecule has 0 aromatic heterocycles. The fraction of sp³-hybridized carbons (Fsp3) is 0.308. The maximum Gasteiger partial charge on any atom is 0.334 e. The van der Waals surface area contributed by atoms with E-state index in [0.29, 0.717) is 5.57 Å². The second-order valence-corrected chi connectivity index (χ2v) is 6.27. The van der Waals surface area contributed by atoms with Gasteiger partial charge >= 0.3 is 5.97 Å². The van der Waals surface area contributed by atoms with Gasteiger partial charge in [-0.1, -0.05) is 23.8 Å². The fourth-order valence-corrected chi connectivity index (χ4v) is 3.21. The fourth-order valence-electron chi connectivity index (χ4n) is 1.85. The topological polar surface area (TPSA) is 63.7 Å². The maximum absolute atomic E-state index is 12.3. The predicted molar refractivity (Wildman–Crippen MR) is 70.0 cm³/mol. The van der Waals surface area contributed by atoms with E-state index in [-0.39, 0.29) is 18.0 Å². The maximum atomic E-state index is 12.3. The smallest absolute Gasteiger partial charge is 0.334 e. The molecule has 0 saturated heterocycles. The van der Waals surface area contributed by atoms with Crippen LogP contribution in [0.5, 0.6) is 0 Å². The van der Waals surface area contributed by atoms with Gasteiger partial charge in [0.25, 0.3) is 0 Å². The van der Waals surface area contributed by atoms with Gasteiger partial charge in [-0.2, -0.15) is 4.31 Å². The zero-order chi connectivity index (χ0) is 14.0. The third-order valence-electron chi connectivity index (χ3n) is 2.99. The molecule has 0 spiro atoms. The molecule has 1 aromatic carbocycles. The molecule has 0 N–H and O–H groups in total. The Morgan fingerprint density at radius 3 is 2.47 bits per heavy atom. The lowest BCUT2D eigenvalue weighted by atomic mass is 10.2. The summed E-state index contributed by atoms with van der Waals surface area (Å²) in [5.41, 5.74) is 1.37. The second kappa shape index (κ2) is 5.14. The van der Waals surface area contributed by atoms with Gasteiger partial charge in [-0.3, -0.25) is 0 Å². The van der Waals surface area contributed by atoms with Gasteiger partial charge in [0.1, 0.15) is 0 Å². The van der Waals surface area contributed by atoms with E-state index >= 15 is 0 Å². The van der Waals surface area contributed by atoms with Gasteiger partial charge in [-0.15, -0.1) is 0 Å². The molecule has 0 saturated carbocycles. The Hall–Kier alpha value is -1.66. The van der Waals surface area contributed by atoms with Crippen molar-refractivity contribution < 1.29 is 17.9 Å². The minimum absolute atomic E-state index is 0.0584. The number of nitrogens with zero attached hydrogens (tertiary/aromatic N) is 1. The van der Waals surface area contributed by atoms with Crippen LogP contribution in [0, 0.1) is 6.92 Å². The van der Waals surface area contributed by atoms with Crippen molar-refractivity contribution in [3.05, 3.63) is 41.5 Å². The molecule has 0 atom stereocenters. The summed E-state index contributed by atoms with van der Waals surface area (Å²) < 4.78 is 30.5. The van der Waals surface area contributed by atoms with Crippen molar-refractivity contribution >= 4 is 16.0 Å². The molecule has 0 bridgehead atoms. The number of carbonyl (C=O) groups excluding carboxylic acids is 1.